The summed E-state index contributed by atoms with van der Waals surface area (Å²) in [5.74, 6) is -0.449. The van der Waals surface area contributed by atoms with Crippen LogP contribution in [0.5, 0.6) is 0 Å². The highest BCUT2D eigenvalue weighted by Gasteiger charge is 2.42. The molecule has 1 aliphatic carbocycles. The summed E-state index contributed by atoms with van der Waals surface area (Å²) < 4.78 is 0. The number of hydrogen-bond donors (Lipinski definition) is 1. The maximum Gasteiger partial charge on any atom is 0.254 e. The van der Waals surface area contributed by atoms with E-state index in [-0.39, 0.29) is 29.6 Å². The first-order valence-corrected chi connectivity index (χ1v) is 12.9. The van der Waals surface area contributed by atoms with E-state index < -0.39 is 0 Å². The van der Waals surface area contributed by atoms with Crippen molar-refractivity contribution in [1.82, 2.24) is 15.2 Å². The lowest BCUT2D eigenvalue weighted by Gasteiger charge is -2.38. The molecule has 2 atom stereocenters. The molecule has 0 radical (unpaired) electrons. The molecule has 188 valence electrons. The van der Waals surface area contributed by atoms with Crippen molar-refractivity contribution >= 4 is 23.4 Å². The maximum absolute atomic E-state index is 13.3. The lowest BCUT2D eigenvalue weighted by atomic mass is 9.80. The van der Waals surface area contributed by atoms with Crippen molar-refractivity contribution in [3.05, 3.63) is 77.4 Å². The van der Waals surface area contributed by atoms with Crippen molar-refractivity contribution < 1.29 is 14.4 Å². The highest BCUT2D eigenvalue weighted by molar-refractivity contribution is 6.05. The van der Waals surface area contributed by atoms with Crippen LogP contribution in [0.15, 0.2) is 60.7 Å². The van der Waals surface area contributed by atoms with E-state index in [2.05, 4.69) is 48.4 Å². The van der Waals surface area contributed by atoms with Gasteiger partial charge in [0.2, 0.25) is 11.8 Å². The first-order valence-electron chi connectivity index (χ1n) is 12.9. The third-order valence-electron chi connectivity index (χ3n) is 7.59. The number of allylic oxidation sites excluding steroid dienone is 2. The molecule has 2 aliphatic heterocycles. The molecule has 0 saturated carbocycles. The quantitative estimate of drug-likeness (QED) is 0.654. The fraction of sp³-hybridized carbons (Fsp3) is 0.414. The number of carbonyl (C=O) groups is 3. The van der Waals surface area contributed by atoms with Crippen molar-refractivity contribution in [3.8, 4) is 0 Å². The van der Waals surface area contributed by atoms with Gasteiger partial charge in [-0.3, -0.25) is 24.7 Å². The second kappa shape index (κ2) is 10.3. The van der Waals surface area contributed by atoms with E-state index in [1.807, 2.05) is 17.1 Å². The summed E-state index contributed by atoms with van der Waals surface area (Å²) in [6, 6.07) is 15.8. The van der Waals surface area contributed by atoms with E-state index in [0.717, 1.165) is 19.6 Å². The van der Waals surface area contributed by atoms with Gasteiger partial charge in [0.05, 0.1) is 17.5 Å². The number of hydrogen-bond acceptors (Lipinski definition) is 4. The van der Waals surface area contributed by atoms with Gasteiger partial charge in [0.25, 0.3) is 5.91 Å². The van der Waals surface area contributed by atoms with Crippen LogP contribution in [0.2, 0.25) is 0 Å². The molecule has 2 fully saturated rings. The van der Waals surface area contributed by atoms with Crippen molar-refractivity contribution in [1.29, 1.82) is 0 Å². The van der Waals surface area contributed by atoms with Gasteiger partial charge in [-0.25, -0.2) is 5.01 Å². The summed E-state index contributed by atoms with van der Waals surface area (Å²) >= 11 is 0. The molecule has 5 rings (SSSR count). The fourth-order valence-corrected chi connectivity index (χ4v) is 5.32. The largest absolute Gasteiger partial charge is 0.336 e. The zero-order valence-corrected chi connectivity index (χ0v) is 21.0. The number of benzene rings is 2. The predicted molar refractivity (Wildman–Crippen MR) is 139 cm³/mol. The zero-order chi connectivity index (χ0) is 25.2. The molecule has 3 aliphatic rings. The maximum atomic E-state index is 13.3. The minimum Gasteiger partial charge on any atom is -0.336 e. The van der Waals surface area contributed by atoms with E-state index in [9.17, 15) is 14.4 Å². The SMILES string of the molecule is CC(C)c1ccc(CN2CCN(C(=O)c3cccc(N4NC(=O)C5CC=CCC5C4=O)c3)CC2)cc1. The molecule has 2 aromatic carbocycles. The molecule has 2 unspecified atom stereocenters. The number of anilines is 1. The van der Waals surface area contributed by atoms with Crippen LogP contribution in [0.1, 0.15) is 54.1 Å². The molecule has 2 aromatic rings. The Morgan fingerprint density at radius 3 is 2.33 bits per heavy atom. The number of nitrogens with one attached hydrogen (secondary N) is 1. The molecule has 7 nitrogen and oxygen atoms in total. The molecule has 36 heavy (non-hydrogen) atoms. The molecule has 3 amide bonds. The summed E-state index contributed by atoms with van der Waals surface area (Å²) in [5, 5.41) is 1.32. The van der Waals surface area contributed by atoms with Gasteiger partial charge < -0.3 is 4.90 Å². The van der Waals surface area contributed by atoms with Gasteiger partial charge in [0, 0.05) is 38.3 Å². The first-order chi connectivity index (χ1) is 17.4. The van der Waals surface area contributed by atoms with Gasteiger partial charge in [0.15, 0.2) is 0 Å². The Morgan fingerprint density at radius 2 is 1.64 bits per heavy atom. The molecule has 7 heteroatoms. The van der Waals surface area contributed by atoms with Gasteiger partial charge in [0.1, 0.15) is 0 Å². The highest BCUT2D eigenvalue weighted by atomic mass is 16.2. The highest BCUT2D eigenvalue weighted by Crippen LogP contribution is 2.32. The second-order valence-electron chi connectivity index (χ2n) is 10.3. The standard InChI is InChI=1S/C29H34N4O3/c1-20(2)22-12-10-21(11-13-22)19-31-14-16-32(17-15-31)28(35)23-6-5-7-24(18-23)33-29(36)26-9-4-3-8-25(26)27(34)30-33/h3-7,10-13,18,20,25-26H,8-9,14-17,19H2,1-2H3,(H,30,34). The van der Waals surface area contributed by atoms with Crippen LogP contribution in [0.4, 0.5) is 5.69 Å². The average Bonchev–Trinajstić information content (AvgIpc) is 2.91. The van der Waals surface area contributed by atoms with E-state index in [1.54, 1.807) is 24.3 Å². The molecule has 0 spiro atoms. The molecule has 2 heterocycles. The number of hydrazine groups is 1. The second-order valence-corrected chi connectivity index (χ2v) is 10.3. The minimum absolute atomic E-state index is 0.0490. The molecule has 0 aromatic heterocycles. The van der Waals surface area contributed by atoms with Gasteiger partial charge in [-0.2, -0.15) is 0 Å². The Balaban J connectivity index is 1.21. The molecule has 2 saturated heterocycles. The Morgan fingerprint density at radius 1 is 0.944 bits per heavy atom. The lowest BCUT2D eigenvalue weighted by Crippen LogP contribution is -2.59. The summed E-state index contributed by atoms with van der Waals surface area (Å²) in [5.41, 5.74) is 6.43. The Hall–Kier alpha value is -3.45. The smallest absolute Gasteiger partial charge is 0.254 e. The molecule has 1 N–H and O–H groups in total. The number of fused-ring (bicyclic) bond motifs is 1. The van der Waals surface area contributed by atoms with E-state index in [1.165, 1.54) is 16.1 Å². The molecular formula is C29H34N4O3. The topological polar surface area (TPSA) is 73.0 Å². The van der Waals surface area contributed by atoms with Crippen LogP contribution < -0.4 is 10.4 Å². The van der Waals surface area contributed by atoms with E-state index in [4.69, 9.17) is 0 Å². The average molecular weight is 487 g/mol. The van der Waals surface area contributed by atoms with E-state index >= 15 is 0 Å². The van der Waals surface area contributed by atoms with Gasteiger partial charge >= 0.3 is 0 Å². The van der Waals surface area contributed by atoms with Crippen LogP contribution in [0, 0.1) is 11.8 Å². The lowest BCUT2D eigenvalue weighted by molar-refractivity contribution is -0.139. The van der Waals surface area contributed by atoms with Gasteiger partial charge in [-0.15, -0.1) is 0 Å². The summed E-state index contributed by atoms with van der Waals surface area (Å²) in [7, 11) is 0. The van der Waals surface area contributed by atoms with Gasteiger partial charge in [-0.1, -0.05) is 56.3 Å². The van der Waals surface area contributed by atoms with Crippen LogP contribution in [-0.2, 0) is 16.1 Å². The summed E-state index contributed by atoms with van der Waals surface area (Å²) in [6.07, 6.45) is 5.09. The Bertz CT molecular complexity index is 1170. The third kappa shape index (κ3) is 4.93. The third-order valence-corrected chi connectivity index (χ3v) is 7.59. The number of nitrogens with zero attached hydrogens (tertiary/aromatic N) is 3. The van der Waals surface area contributed by atoms with Crippen LogP contribution in [0.25, 0.3) is 0 Å². The van der Waals surface area contributed by atoms with Crippen molar-refractivity contribution in [2.45, 2.75) is 39.2 Å². The normalized spacial score (nSPS) is 22.5. The predicted octanol–water partition coefficient (Wildman–Crippen LogP) is 3.73. The number of rotatable bonds is 5. The molecule has 0 bridgehead atoms. The first kappa shape index (κ1) is 24.3. The Labute approximate surface area is 212 Å². The fourth-order valence-electron chi connectivity index (χ4n) is 5.32. The monoisotopic (exact) mass is 486 g/mol. The zero-order valence-electron chi connectivity index (χ0n) is 21.0. The van der Waals surface area contributed by atoms with Crippen molar-refractivity contribution in [3.63, 3.8) is 0 Å². The molecular weight excluding hydrogens is 452 g/mol. The number of piperazine rings is 1. The van der Waals surface area contributed by atoms with Crippen LogP contribution in [-0.4, -0.2) is 53.7 Å². The van der Waals surface area contributed by atoms with Gasteiger partial charge in [-0.05, 0) is 48.1 Å². The summed E-state index contributed by atoms with van der Waals surface area (Å²) in [6.45, 7) is 8.22. The van der Waals surface area contributed by atoms with E-state index in [0.29, 0.717) is 43.1 Å². The van der Waals surface area contributed by atoms with Crippen LogP contribution >= 0.6 is 0 Å². The summed E-state index contributed by atoms with van der Waals surface area (Å²) in [4.78, 5) is 43.2. The van der Waals surface area contributed by atoms with Crippen LogP contribution in [0.3, 0.4) is 0 Å². The number of amides is 3. The number of carbonyl (C=O) groups excluding carboxylic acids is 3. The Kier molecular flexibility index (Phi) is 6.92. The van der Waals surface area contributed by atoms with Crippen molar-refractivity contribution in [2.24, 2.45) is 11.8 Å². The van der Waals surface area contributed by atoms with Crippen molar-refractivity contribution in [2.75, 3.05) is 31.2 Å². The minimum atomic E-state index is -0.349.